The average Bonchev–Trinajstić information content (AvgIpc) is 3.53. The Morgan fingerprint density at radius 2 is 1.39 bits per heavy atom. The molecule has 11 N–H and O–H groups in total. The summed E-state index contributed by atoms with van der Waals surface area (Å²) in [5.74, 6) is -4.64. The first-order chi connectivity index (χ1) is 17.1. The van der Waals surface area contributed by atoms with Gasteiger partial charge in [0, 0.05) is 43.0 Å². The van der Waals surface area contributed by atoms with Crippen molar-refractivity contribution in [1.82, 2.24) is 35.9 Å². The van der Waals surface area contributed by atoms with Crippen LogP contribution >= 0.6 is 0 Å². The van der Waals surface area contributed by atoms with Crippen molar-refractivity contribution in [3.05, 3.63) is 36.4 Å². The molecule has 2 aromatic heterocycles. The first kappa shape index (κ1) is 27.9. The van der Waals surface area contributed by atoms with Crippen LogP contribution in [0.1, 0.15) is 24.2 Å². The van der Waals surface area contributed by atoms with Gasteiger partial charge in [0.1, 0.15) is 18.1 Å². The molecule has 4 atom stereocenters. The lowest BCUT2D eigenvalue weighted by molar-refractivity contribution is -0.143. The number of H-pyrrole nitrogens is 2. The maximum Gasteiger partial charge on any atom is 0.328 e. The number of imidazole rings is 2. The van der Waals surface area contributed by atoms with E-state index in [0.29, 0.717) is 11.4 Å². The summed E-state index contributed by atoms with van der Waals surface area (Å²) in [6.07, 6.45) is 5.18. The Labute approximate surface area is 204 Å². The van der Waals surface area contributed by atoms with Crippen LogP contribution in [0.15, 0.2) is 25.0 Å². The molecule has 0 bridgehead atoms. The van der Waals surface area contributed by atoms with Gasteiger partial charge in [0.25, 0.3) is 0 Å². The molecule has 16 heteroatoms. The van der Waals surface area contributed by atoms with E-state index in [4.69, 9.17) is 16.6 Å². The van der Waals surface area contributed by atoms with Crippen LogP contribution in [0.4, 0.5) is 0 Å². The fourth-order valence-electron chi connectivity index (χ4n) is 3.12. The second-order valence-corrected chi connectivity index (χ2v) is 7.88. The third-order valence-electron chi connectivity index (χ3n) is 5.05. The number of nitrogens with two attached hydrogens (primary N) is 2. The number of aliphatic carboxylic acids is 1. The van der Waals surface area contributed by atoms with Crippen LogP contribution in [0.2, 0.25) is 0 Å². The number of carboxylic acids is 1. The van der Waals surface area contributed by atoms with Gasteiger partial charge in [0.15, 0.2) is 0 Å². The minimum atomic E-state index is -1.61. The number of nitrogens with one attached hydrogen (secondary N) is 5. The van der Waals surface area contributed by atoms with Crippen LogP contribution in [0.3, 0.4) is 0 Å². The van der Waals surface area contributed by atoms with Crippen molar-refractivity contribution in [1.29, 1.82) is 0 Å². The maximum atomic E-state index is 13.1. The van der Waals surface area contributed by atoms with Crippen LogP contribution in [-0.4, -0.2) is 90.5 Å². The predicted octanol–water partition coefficient (Wildman–Crippen LogP) is -3.96. The number of primary amides is 1. The van der Waals surface area contributed by atoms with E-state index < -0.39 is 60.4 Å². The highest BCUT2D eigenvalue weighted by atomic mass is 16.4. The number of rotatable bonds is 15. The molecule has 0 aliphatic carbocycles. The number of hydrogen-bond acceptors (Lipinski definition) is 9. The van der Waals surface area contributed by atoms with Crippen LogP contribution < -0.4 is 27.4 Å². The lowest BCUT2D eigenvalue weighted by atomic mass is 10.1. The highest BCUT2D eigenvalue weighted by Gasteiger charge is 2.31. The normalized spacial score (nSPS) is 14.2. The summed E-state index contributed by atoms with van der Waals surface area (Å²) in [6.45, 7) is -0.878. The highest BCUT2D eigenvalue weighted by molar-refractivity contribution is 5.94. The van der Waals surface area contributed by atoms with Crippen molar-refractivity contribution < 1.29 is 34.2 Å². The van der Waals surface area contributed by atoms with Crippen molar-refractivity contribution >= 4 is 29.6 Å². The number of aromatic amines is 2. The molecule has 2 rings (SSSR count). The van der Waals surface area contributed by atoms with E-state index in [9.17, 15) is 29.1 Å². The number of hydrogen-bond donors (Lipinski definition) is 9. The highest BCUT2D eigenvalue weighted by Crippen LogP contribution is 2.05. The van der Waals surface area contributed by atoms with Crippen LogP contribution in [-0.2, 0) is 36.8 Å². The lowest BCUT2D eigenvalue weighted by Gasteiger charge is -2.24. The Morgan fingerprint density at radius 1 is 0.861 bits per heavy atom. The number of aliphatic hydroxyl groups is 1. The van der Waals surface area contributed by atoms with Gasteiger partial charge in [-0.25, -0.2) is 14.8 Å². The van der Waals surface area contributed by atoms with Gasteiger partial charge in [-0.3, -0.25) is 19.2 Å². The Morgan fingerprint density at radius 3 is 1.89 bits per heavy atom. The van der Waals surface area contributed by atoms with Crippen molar-refractivity contribution in [2.45, 2.75) is 49.9 Å². The summed E-state index contributed by atoms with van der Waals surface area (Å²) in [5.41, 5.74) is 12.1. The molecule has 0 radical (unpaired) electrons. The third kappa shape index (κ3) is 8.80. The van der Waals surface area contributed by atoms with Gasteiger partial charge in [-0.1, -0.05) is 0 Å². The quantitative estimate of drug-likeness (QED) is 0.113. The van der Waals surface area contributed by atoms with E-state index in [1.165, 1.54) is 25.0 Å². The summed E-state index contributed by atoms with van der Waals surface area (Å²) in [7, 11) is 0. The lowest BCUT2D eigenvalue weighted by Crippen LogP contribution is -2.58. The van der Waals surface area contributed by atoms with Crippen molar-refractivity contribution in [3.63, 3.8) is 0 Å². The molecule has 4 amide bonds. The molecule has 0 saturated carbocycles. The van der Waals surface area contributed by atoms with E-state index in [1.807, 2.05) is 0 Å². The molecular formula is C20H29N9O7. The Bertz CT molecular complexity index is 1030. The molecule has 196 valence electrons. The van der Waals surface area contributed by atoms with Crippen LogP contribution in [0, 0.1) is 0 Å². The number of aliphatic hydroxyl groups excluding tert-OH is 1. The molecule has 36 heavy (non-hydrogen) atoms. The number of aromatic nitrogens is 4. The molecule has 0 aliphatic heterocycles. The number of amides is 4. The zero-order chi connectivity index (χ0) is 26.7. The number of carbonyl (C=O) groups is 5. The molecular weight excluding hydrogens is 478 g/mol. The molecule has 0 aliphatic rings. The van der Waals surface area contributed by atoms with Gasteiger partial charge >= 0.3 is 5.97 Å². The summed E-state index contributed by atoms with van der Waals surface area (Å²) in [4.78, 5) is 74.1. The molecule has 2 aromatic rings. The van der Waals surface area contributed by atoms with E-state index in [2.05, 4.69) is 35.9 Å². The van der Waals surface area contributed by atoms with Gasteiger partial charge in [0.2, 0.25) is 23.6 Å². The Balaban J connectivity index is 2.15. The van der Waals surface area contributed by atoms with Crippen LogP contribution in [0.25, 0.3) is 0 Å². The Kier molecular flexibility index (Phi) is 10.5. The van der Waals surface area contributed by atoms with Crippen molar-refractivity contribution in [3.8, 4) is 0 Å². The average molecular weight is 508 g/mol. The fraction of sp³-hybridized carbons (Fsp3) is 0.450. The van der Waals surface area contributed by atoms with E-state index >= 15 is 0 Å². The second-order valence-electron chi connectivity index (χ2n) is 7.88. The molecule has 0 spiro atoms. The molecule has 4 unspecified atom stereocenters. The van der Waals surface area contributed by atoms with Crippen molar-refractivity contribution in [2.24, 2.45) is 11.5 Å². The van der Waals surface area contributed by atoms with Gasteiger partial charge in [-0.2, -0.15) is 0 Å². The second kappa shape index (κ2) is 13.5. The smallest absolute Gasteiger partial charge is 0.328 e. The van der Waals surface area contributed by atoms with Gasteiger partial charge in [0.05, 0.1) is 25.3 Å². The number of nitrogens with zero attached hydrogens (tertiary/aromatic N) is 2. The maximum absolute atomic E-state index is 13.1. The monoisotopic (exact) mass is 507 g/mol. The summed E-state index contributed by atoms with van der Waals surface area (Å²) in [6, 6.07) is -5.27. The van der Waals surface area contributed by atoms with Crippen LogP contribution in [0.5, 0.6) is 0 Å². The van der Waals surface area contributed by atoms with Gasteiger partial charge in [-0.05, 0) is 6.42 Å². The molecule has 0 aromatic carbocycles. The largest absolute Gasteiger partial charge is 0.480 e. The van der Waals surface area contributed by atoms with Crippen molar-refractivity contribution in [2.75, 3.05) is 6.61 Å². The summed E-state index contributed by atoms with van der Waals surface area (Å²) >= 11 is 0. The fourth-order valence-corrected chi connectivity index (χ4v) is 3.12. The van der Waals surface area contributed by atoms with E-state index in [-0.39, 0.29) is 25.7 Å². The topological polar surface area (TPSA) is 271 Å². The first-order valence-electron chi connectivity index (χ1n) is 10.8. The number of carbonyl (C=O) groups excluding carboxylic acids is 4. The standard InChI is InChI=1S/C20H29N9O7/c21-12(3-10-5-23-8-25-10)17(32)27-13(1-2-16(22)31)18(33)28-14(4-11-6-24-9-26-11)19(34)29-15(7-30)20(35)36/h5-6,8-9,12-15,30H,1-4,7,21H2,(H2,22,31)(H,23,25)(H,24,26)(H,27,32)(H,28,33)(H,29,34)(H,35,36). The van der Waals surface area contributed by atoms with E-state index in [1.54, 1.807) is 0 Å². The first-order valence-corrected chi connectivity index (χ1v) is 10.8. The number of carboxylic acid groups (broad SMARTS) is 1. The van der Waals surface area contributed by atoms with Gasteiger partial charge in [-0.15, -0.1) is 0 Å². The molecule has 0 saturated heterocycles. The summed E-state index contributed by atoms with van der Waals surface area (Å²) < 4.78 is 0. The third-order valence-corrected chi connectivity index (χ3v) is 5.05. The summed E-state index contributed by atoms with van der Waals surface area (Å²) in [5, 5.41) is 25.3. The Hall–Kier alpha value is -4.31. The van der Waals surface area contributed by atoms with E-state index in [0.717, 1.165) is 0 Å². The molecule has 16 nitrogen and oxygen atoms in total. The predicted molar refractivity (Wildman–Crippen MR) is 122 cm³/mol. The van der Waals surface area contributed by atoms with Gasteiger partial charge < -0.3 is 47.6 Å². The molecule has 0 fully saturated rings. The zero-order valence-electron chi connectivity index (χ0n) is 19.1. The minimum absolute atomic E-state index is 0.0958. The minimum Gasteiger partial charge on any atom is -0.480 e. The zero-order valence-corrected chi connectivity index (χ0v) is 19.1. The molecule has 2 heterocycles. The SMILES string of the molecule is NC(=O)CCC(NC(=O)C(N)Cc1cnc[nH]1)C(=O)NC(Cc1cnc[nH]1)C(=O)NC(CO)C(=O)O.